The molecular formula is C21H22ClN5OS. The summed E-state index contributed by atoms with van der Waals surface area (Å²) in [5.41, 5.74) is 9.38. The average molecular weight is 428 g/mol. The zero-order chi connectivity index (χ0) is 20.4. The molecule has 1 aliphatic rings. The third-order valence-corrected chi connectivity index (χ3v) is 6.20. The van der Waals surface area contributed by atoms with Crippen LogP contribution in [0.1, 0.15) is 41.7 Å². The highest BCUT2D eigenvalue weighted by Gasteiger charge is 2.31. The number of aryl methyl sites for hydroxylation is 1. The number of hydrogen-bond acceptors (Lipinski definition) is 6. The van der Waals surface area contributed by atoms with Crippen molar-refractivity contribution in [2.45, 2.75) is 38.6 Å². The Hall–Kier alpha value is -2.51. The summed E-state index contributed by atoms with van der Waals surface area (Å²) in [6.07, 6.45) is 4.90. The van der Waals surface area contributed by atoms with Crippen molar-refractivity contribution in [2.75, 3.05) is 12.3 Å². The van der Waals surface area contributed by atoms with Crippen LogP contribution in [-0.4, -0.2) is 32.3 Å². The second-order valence-corrected chi connectivity index (χ2v) is 8.67. The van der Waals surface area contributed by atoms with Gasteiger partial charge in [0.15, 0.2) is 0 Å². The van der Waals surface area contributed by atoms with Gasteiger partial charge in [-0.05, 0) is 43.9 Å². The predicted molar refractivity (Wildman–Crippen MR) is 116 cm³/mol. The van der Waals surface area contributed by atoms with E-state index in [1.807, 2.05) is 41.5 Å². The Morgan fingerprint density at radius 2 is 2.07 bits per heavy atom. The van der Waals surface area contributed by atoms with Gasteiger partial charge in [0, 0.05) is 28.7 Å². The van der Waals surface area contributed by atoms with Crippen molar-refractivity contribution < 1.29 is 4.79 Å². The third kappa shape index (κ3) is 4.41. The molecule has 0 aliphatic carbocycles. The average Bonchev–Trinajstić information content (AvgIpc) is 3.13. The molecule has 1 fully saturated rings. The van der Waals surface area contributed by atoms with E-state index >= 15 is 0 Å². The molecule has 150 valence electrons. The number of piperidine rings is 1. The van der Waals surface area contributed by atoms with Crippen LogP contribution in [0.15, 0.2) is 35.8 Å². The van der Waals surface area contributed by atoms with E-state index < -0.39 is 0 Å². The molecule has 1 aromatic carbocycles. The summed E-state index contributed by atoms with van der Waals surface area (Å²) in [5.74, 6) is 0.282. The highest BCUT2D eigenvalue weighted by atomic mass is 35.5. The van der Waals surface area contributed by atoms with Crippen LogP contribution in [0, 0.1) is 6.92 Å². The zero-order valence-corrected chi connectivity index (χ0v) is 17.7. The Labute approximate surface area is 178 Å². The molecule has 8 heteroatoms. The third-order valence-electron chi connectivity index (χ3n) is 5.13. The summed E-state index contributed by atoms with van der Waals surface area (Å²) in [5, 5.41) is 3.59. The first-order valence-electron chi connectivity index (χ1n) is 9.60. The van der Waals surface area contributed by atoms with Gasteiger partial charge in [0.25, 0.3) is 0 Å². The summed E-state index contributed by atoms with van der Waals surface area (Å²) in [4.78, 5) is 28.3. The SMILES string of the molecule is Cc1nc(CC(=O)N2CCCC[C@@H]2c2nc(N)ncc2-c2ccc(Cl)cc2)cs1. The second-order valence-electron chi connectivity index (χ2n) is 7.17. The highest BCUT2D eigenvalue weighted by Crippen LogP contribution is 2.36. The van der Waals surface area contributed by atoms with Gasteiger partial charge in [0.2, 0.25) is 11.9 Å². The Morgan fingerprint density at radius 1 is 1.28 bits per heavy atom. The Balaban J connectivity index is 1.68. The summed E-state index contributed by atoms with van der Waals surface area (Å²) >= 11 is 7.61. The van der Waals surface area contributed by atoms with Gasteiger partial charge >= 0.3 is 0 Å². The molecule has 3 aromatic rings. The van der Waals surface area contributed by atoms with Crippen LogP contribution in [0.5, 0.6) is 0 Å². The first kappa shape index (κ1) is 19.8. The van der Waals surface area contributed by atoms with E-state index in [9.17, 15) is 4.79 Å². The van der Waals surface area contributed by atoms with Crippen molar-refractivity contribution in [1.82, 2.24) is 19.9 Å². The first-order chi connectivity index (χ1) is 14.0. The minimum Gasteiger partial charge on any atom is -0.368 e. The van der Waals surface area contributed by atoms with E-state index in [-0.39, 0.29) is 17.9 Å². The molecule has 6 nitrogen and oxygen atoms in total. The predicted octanol–water partition coefficient (Wildman–Crippen LogP) is 4.44. The van der Waals surface area contributed by atoms with Crippen molar-refractivity contribution in [3.8, 4) is 11.1 Å². The van der Waals surface area contributed by atoms with Crippen LogP contribution in [-0.2, 0) is 11.2 Å². The summed E-state index contributed by atoms with van der Waals surface area (Å²) in [6.45, 7) is 2.65. The van der Waals surface area contributed by atoms with Crippen LogP contribution in [0.25, 0.3) is 11.1 Å². The second kappa shape index (κ2) is 8.47. The quantitative estimate of drug-likeness (QED) is 0.665. The van der Waals surface area contributed by atoms with Crippen LogP contribution in [0.2, 0.25) is 5.02 Å². The lowest BCUT2D eigenvalue weighted by atomic mass is 9.93. The lowest BCUT2D eigenvalue weighted by Gasteiger charge is -2.36. The molecule has 0 saturated carbocycles. The molecule has 29 heavy (non-hydrogen) atoms. The van der Waals surface area contributed by atoms with Gasteiger partial charge < -0.3 is 10.6 Å². The molecule has 1 amide bonds. The number of benzene rings is 1. The molecule has 3 heterocycles. The van der Waals surface area contributed by atoms with E-state index in [2.05, 4.69) is 15.0 Å². The number of thiazole rings is 1. The van der Waals surface area contributed by atoms with Crippen molar-refractivity contribution in [3.05, 3.63) is 57.3 Å². The molecule has 0 spiro atoms. The summed E-state index contributed by atoms with van der Waals surface area (Å²) in [7, 11) is 0. The first-order valence-corrected chi connectivity index (χ1v) is 10.9. The minimum atomic E-state index is -0.132. The molecule has 0 bridgehead atoms. The number of amides is 1. The fourth-order valence-electron chi connectivity index (χ4n) is 3.78. The van der Waals surface area contributed by atoms with Gasteiger partial charge in [-0.25, -0.2) is 15.0 Å². The smallest absolute Gasteiger partial charge is 0.229 e. The van der Waals surface area contributed by atoms with Gasteiger partial charge in [-0.3, -0.25) is 4.79 Å². The van der Waals surface area contributed by atoms with Crippen LogP contribution >= 0.6 is 22.9 Å². The number of carbonyl (C=O) groups is 1. The number of rotatable bonds is 4. The van der Waals surface area contributed by atoms with Gasteiger partial charge in [-0.2, -0.15) is 0 Å². The van der Waals surface area contributed by atoms with Gasteiger partial charge in [-0.1, -0.05) is 23.7 Å². The molecule has 1 saturated heterocycles. The Kier molecular flexibility index (Phi) is 5.78. The van der Waals surface area contributed by atoms with Gasteiger partial charge in [-0.15, -0.1) is 11.3 Å². The minimum absolute atomic E-state index is 0.0687. The number of nitrogens with two attached hydrogens (primary N) is 1. The molecule has 4 rings (SSSR count). The van der Waals surface area contributed by atoms with E-state index in [0.29, 0.717) is 18.0 Å². The lowest BCUT2D eigenvalue weighted by Crippen LogP contribution is -2.40. The van der Waals surface area contributed by atoms with Crippen LogP contribution in [0.4, 0.5) is 5.95 Å². The molecule has 2 aromatic heterocycles. The van der Waals surface area contributed by atoms with Crippen molar-refractivity contribution in [2.24, 2.45) is 0 Å². The monoisotopic (exact) mass is 427 g/mol. The topological polar surface area (TPSA) is 85.0 Å². The van der Waals surface area contributed by atoms with E-state index in [0.717, 1.165) is 46.8 Å². The van der Waals surface area contributed by atoms with Crippen LogP contribution < -0.4 is 5.73 Å². The number of hydrogen-bond donors (Lipinski definition) is 1. The summed E-state index contributed by atoms with van der Waals surface area (Å²) in [6, 6.07) is 7.42. The molecule has 2 N–H and O–H groups in total. The van der Waals surface area contributed by atoms with Gasteiger partial charge in [0.1, 0.15) is 0 Å². The number of likely N-dealkylation sites (tertiary alicyclic amines) is 1. The maximum atomic E-state index is 13.1. The number of carbonyl (C=O) groups excluding carboxylic acids is 1. The van der Waals surface area contributed by atoms with Crippen molar-refractivity contribution >= 4 is 34.8 Å². The molecule has 0 radical (unpaired) electrons. The van der Waals surface area contributed by atoms with E-state index in [4.69, 9.17) is 17.3 Å². The number of anilines is 1. The van der Waals surface area contributed by atoms with Crippen LogP contribution in [0.3, 0.4) is 0 Å². The van der Waals surface area contributed by atoms with Crippen molar-refractivity contribution in [1.29, 1.82) is 0 Å². The molecule has 1 atom stereocenters. The molecule has 1 aliphatic heterocycles. The fraction of sp³-hybridized carbons (Fsp3) is 0.333. The van der Waals surface area contributed by atoms with E-state index in [1.54, 1.807) is 17.5 Å². The fourth-order valence-corrected chi connectivity index (χ4v) is 4.51. The standard InChI is InChI=1S/C21H22ClN5OS/c1-13-25-16(12-29-13)10-19(28)27-9-3-2-4-18(27)20-17(11-24-21(23)26-20)14-5-7-15(22)8-6-14/h5-8,11-12,18H,2-4,9-10H2,1H3,(H2,23,24,26)/t18-/m1/s1. The van der Waals surface area contributed by atoms with E-state index in [1.165, 1.54) is 0 Å². The molecule has 0 unspecified atom stereocenters. The lowest BCUT2D eigenvalue weighted by molar-refractivity contribution is -0.134. The molecular weight excluding hydrogens is 406 g/mol. The maximum absolute atomic E-state index is 13.1. The number of halogens is 1. The normalized spacial score (nSPS) is 16.8. The highest BCUT2D eigenvalue weighted by molar-refractivity contribution is 7.09. The number of nitrogen functional groups attached to an aromatic ring is 1. The zero-order valence-electron chi connectivity index (χ0n) is 16.1. The maximum Gasteiger partial charge on any atom is 0.229 e. The summed E-state index contributed by atoms with van der Waals surface area (Å²) < 4.78 is 0. The number of nitrogens with zero attached hydrogens (tertiary/aromatic N) is 4. The number of aromatic nitrogens is 3. The van der Waals surface area contributed by atoms with Gasteiger partial charge in [0.05, 0.1) is 28.9 Å². The Morgan fingerprint density at radius 3 is 2.79 bits per heavy atom. The Bertz CT molecular complexity index is 1020. The van der Waals surface area contributed by atoms with Crippen molar-refractivity contribution in [3.63, 3.8) is 0 Å². The largest absolute Gasteiger partial charge is 0.368 e.